The highest BCUT2D eigenvalue weighted by molar-refractivity contribution is 5.73. The maximum Gasteiger partial charge on any atom is 0.317 e. The maximum atomic E-state index is 11.7. The summed E-state index contributed by atoms with van der Waals surface area (Å²) in [5.41, 5.74) is 0. The number of nitrogens with one attached hydrogen (secondary N) is 1. The zero-order valence-electron chi connectivity index (χ0n) is 10.3. The van der Waals surface area contributed by atoms with Crippen LogP contribution >= 0.6 is 0 Å². The fourth-order valence-electron chi connectivity index (χ4n) is 4.52. The Hall–Kier alpha value is -0.730. The van der Waals surface area contributed by atoms with E-state index in [4.69, 9.17) is 0 Å². The normalized spacial score (nSPS) is 44.5. The van der Waals surface area contributed by atoms with Crippen LogP contribution in [0.3, 0.4) is 0 Å². The van der Waals surface area contributed by atoms with E-state index in [1.54, 1.807) is 4.90 Å². The van der Waals surface area contributed by atoms with Gasteiger partial charge in [-0.15, -0.1) is 0 Å². The van der Waals surface area contributed by atoms with Crippen molar-refractivity contribution in [3.8, 4) is 0 Å². The van der Waals surface area contributed by atoms with E-state index in [2.05, 4.69) is 5.32 Å². The first kappa shape index (κ1) is 10.4. The van der Waals surface area contributed by atoms with E-state index in [0.29, 0.717) is 6.04 Å². The molecule has 1 N–H and O–H groups in total. The van der Waals surface area contributed by atoms with E-state index >= 15 is 0 Å². The van der Waals surface area contributed by atoms with Gasteiger partial charge >= 0.3 is 6.03 Å². The Morgan fingerprint density at radius 1 is 1.12 bits per heavy atom. The third-order valence-corrected chi connectivity index (χ3v) is 5.14. The fraction of sp³-hybridized carbons (Fsp3) is 0.923. The lowest BCUT2D eigenvalue weighted by molar-refractivity contribution is 0.184. The van der Waals surface area contributed by atoms with Gasteiger partial charge in [-0.25, -0.2) is 4.79 Å². The minimum atomic E-state index is 0.0899. The topological polar surface area (TPSA) is 32.3 Å². The highest BCUT2D eigenvalue weighted by Crippen LogP contribution is 2.58. The molecule has 3 saturated carbocycles. The summed E-state index contributed by atoms with van der Waals surface area (Å²) < 4.78 is 0. The first-order valence-corrected chi connectivity index (χ1v) is 6.64. The Labute approximate surface area is 97.6 Å². The van der Waals surface area contributed by atoms with Crippen LogP contribution in [0.1, 0.15) is 32.1 Å². The number of carbonyl (C=O) groups is 1. The van der Waals surface area contributed by atoms with Crippen molar-refractivity contribution in [1.29, 1.82) is 0 Å². The van der Waals surface area contributed by atoms with Crippen molar-refractivity contribution in [3.63, 3.8) is 0 Å². The van der Waals surface area contributed by atoms with Crippen LogP contribution in [0.15, 0.2) is 0 Å². The quantitative estimate of drug-likeness (QED) is 0.724. The average Bonchev–Trinajstić information content (AvgIpc) is 2.87. The third-order valence-electron chi connectivity index (χ3n) is 5.14. The predicted octanol–water partition coefficient (Wildman–Crippen LogP) is 2.08. The van der Waals surface area contributed by atoms with Gasteiger partial charge in [-0.3, -0.25) is 0 Å². The van der Waals surface area contributed by atoms with Gasteiger partial charge in [0, 0.05) is 20.1 Å². The Morgan fingerprint density at radius 3 is 2.62 bits per heavy atom. The summed E-state index contributed by atoms with van der Waals surface area (Å²) in [5, 5.41) is 3.21. The Balaban J connectivity index is 1.66. The van der Waals surface area contributed by atoms with E-state index in [9.17, 15) is 4.79 Å². The second-order valence-corrected chi connectivity index (χ2v) is 6.10. The molecule has 3 rings (SSSR count). The van der Waals surface area contributed by atoms with Crippen molar-refractivity contribution >= 4 is 6.03 Å². The van der Waals surface area contributed by atoms with Gasteiger partial charge in [0.1, 0.15) is 0 Å². The molecule has 3 fully saturated rings. The molecule has 0 aromatic rings. The minimum Gasteiger partial charge on any atom is -0.335 e. The van der Waals surface area contributed by atoms with Gasteiger partial charge in [0.2, 0.25) is 0 Å². The van der Waals surface area contributed by atoms with Crippen molar-refractivity contribution in [1.82, 2.24) is 10.2 Å². The molecule has 0 saturated heterocycles. The van der Waals surface area contributed by atoms with Crippen LogP contribution < -0.4 is 5.32 Å². The van der Waals surface area contributed by atoms with Crippen LogP contribution in [-0.4, -0.2) is 31.1 Å². The van der Waals surface area contributed by atoms with Crippen LogP contribution in [0.25, 0.3) is 0 Å². The van der Waals surface area contributed by atoms with Gasteiger partial charge in [-0.1, -0.05) is 6.42 Å². The van der Waals surface area contributed by atoms with Gasteiger partial charge in [-0.05, 0) is 49.4 Å². The van der Waals surface area contributed by atoms with Gasteiger partial charge in [0.05, 0.1) is 0 Å². The number of rotatable bonds is 1. The molecular weight excluding hydrogens is 200 g/mol. The van der Waals surface area contributed by atoms with Gasteiger partial charge in [-0.2, -0.15) is 0 Å². The molecule has 0 aromatic heterocycles. The molecule has 2 unspecified atom stereocenters. The molecule has 0 heterocycles. The lowest BCUT2D eigenvalue weighted by atomic mass is 9.79. The van der Waals surface area contributed by atoms with Gasteiger partial charge < -0.3 is 10.2 Å². The predicted molar refractivity (Wildman–Crippen MR) is 63.1 cm³/mol. The standard InChI is InChI=1S/C13H22N2O/c1-15(2)13(16)14-12-7-8-6-11(12)10-5-3-4-9(8)10/h8-12H,3-7H2,1-2H3,(H,14,16)/t8-,9?,10?,11-,12-/m0/s1. The molecule has 2 bridgehead atoms. The van der Waals surface area contributed by atoms with Crippen molar-refractivity contribution < 1.29 is 4.79 Å². The fourth-order valence-corrected chi connectivity index (χ4v) is 4.52. The molecule has 0 aliphatic heterocycles. The summed E-state index contributed by atoms with van der Waals surface area (Å²) in [5.74, 6) is 3.66. The molecule has 90 valence electrons. The lowest BCUT2D eigenvalue weighted by Crippen LogP contribution is -2.46. The SMILES string of the molecule is CN(C)C(=O)N[C@H]1C[C@@H]2C[C@H]1C1CCCC12. The molecule has 0 radical (unpaired) electrons. The zero-order chi connectivity index (χ0) is 11.3. The number of hydrogen-bond donors (Lipinski definition) is 1. The van der Waals surface area contributed by atoms with Crippen LogP contribution in [0, 0.1) is 23.7 Å². The number of amides is 2. The molecule has 0 spiro atoms. The Morgan fingerprint density at radius 2 is 1.88 bits per heavy atom. The molecule has 0 aromatic carbocycles. The van der Waals surface area contributed by atoms with Gasteiger partial charge in [0.25, 0.3) is 0 Å². The number of hydrogen-bond acceptors (Lipinski definition) is 1. The van der Waals surface area contributed by atoms with E-state index in [-0.39, 0.29) is 6.03 Å². The number of carbonyl (C=O) groups excluding carboxylic acids is 1. The summed E-state index contributed by atoms with van der Waals surface area (Å²) in [6, 6.07) is 0.561. The first-order chi connectivity index (χ1) is 7.66. The smallest absolute Gasteiger partial charge is 0.317 e. The van der Waals surface area contributed by atoms with Crippen LogP contribution in [0.5, 0.6) is 0 Å². The van der Waals surface area contributed by atoms with Crippen LogP contribution in [0.4, 0.5) is 4.79 Å². The van der Waals surface area contributed by atoms with Crippen molar-refractivity contribution in [2.24, 2.45) is 23.7 Å². The number of fused-ring (bicyclic) bond motifs is 5. The Bertz CT molecular complexity index is 302. The summed E-state index contributed by atoms with van der Waals surface area (Å²) in [6.07, 6.45) is 6.93. The number of urea groups is 1. The van der Waals surface area contributed by atoms with Crippen molar-refractivity contribution in [2.45, 2.75) is 38.1 Å². The lowest BCUT2D eigenvalue weighted by Gasteiger charge is -2.32. The largest absolute Gasteiger partial charge is 0.335 e. The summed E-state index contributed by atoms with van der Waals surface area (Å²) in [4.78, 5) is 13.3. The molecule has 3 nitrogen and oxygen atoms in total. The molecule has 16 heavy (non-hydrogen) atoms. The summed E-state index contributed by atoms with van der Waals surface area (Å²) in [6.45, 7) is 0. The minimum absolute atomic E-state index is 0.0899. The first-order valence-electron chi connectivity index (χ1n) is 6.64. The second-order valence-electron chi connectivity index (χ2n) is 6.10. The van der Waals surface area contributed by atoms with Crippen LogP contribution in [0.2, 0.25) is 0 Å². The molecule has 3 heteroatoms. The van der Waals surface area contributed by atoms with Crippen molar-refractivity contribution in [2.75, 3.05) is 14.1 Å². The Kier molecular flexibility index (Phi) is 2.37. The number of nitrogens with zero attached hydrogens (tertiary/aromatic N) is 1. The van der Waals surface area contributed by atoms with E-state index in [1.807, 2.05) is 14.1 Å². The molecular formula is C13H22N2O. The molecule has 3 aliphatic rings. The molecule has 2 amide bonds. The molecule has 3 aliphatic carbocycles. The highest BCUT2D eigenvalue weighted by Gasteiger charge is 2.54. The van der Waals surface area contributed by atoms with E-state index in [1.165, 1.54) is 32.1 Å². The van der Waals surface area contributed by atoms with Crippen molar-refractivity contribution in [3.05, 3.63) is 0 Å². The van der Waals surface area contributed by atoms with Gasteiger partial charge in [0.15, 0.2) is 0 Å². The highest BCUT2D eigenvalue weighted by atomic mass is 16.2. The summed E-state index contributed by atoms with van der Waals surface area (Å²) in [7, 11) is 3.64. The van der Waals surface area contributed by atoms with Crippen LogP contribution in [-0.2, 0) is 0 Å². The van der Waals surface area contributed by atoms with E-state index in [0.717, 1.165) is 23.7 Å². The molecule has 5 atom stereocenters. The maximum absolute atomic E-state index is 11.7. The summed E-state index contributed by atoms with van der Waals surface area (Å²) >= 11 is 0. The van der Waals surface area contributed by atoms with E-state index < -0.39 is 0 Å². The second kappa shape index (κ2) is 3.64. The zero-order valence-corrected chi connectivity index (χ0v) is 10.3. The average molecular weight is 222 g/mol. The third kappa shape index (κ3) is 1.44. The monoisotopic (exact) mass is 222 g/mol.